The summed E-state index contributed by atoms with van der Waals surface area (Å²) in [5.74, 6) is 0.263. The fourth-order valence-corrected chi connectivity index (χ4v) is 3.54. The van der Waals surface area contributed by atoms with E-state index in [2.05, 4.69) is 34.5 Å². The molecule has 3 aromatic carbocycles. The van der Waals surface area contributed by atoms with Crippen LogP contribution in [-0.4, -0.2) is 44.3 Å². The minimum absolute atomic E-state index is 0.317. The molecule has 0 saturated heterocycles. The molecule has 1 N–H and O–H groups in total. The van der Waals surface area contributed by atoms with E-state index in [1.807, 2.05) is 68.7 Å². The number of aldehydes is 1. The molecule has 3 aromatic rings. The number of methoxy groups -OCH3 is 1. The summed E-state index contributed by atoms with van der Waals surface area (Å²) >= 11 is 0. The first-order valence-corrected chi connectivity index (χ1v) is 10.9. The number of carbonyl (C=O) groups excluding carboxylic acids is 2. The fraction of sp³-hybridized carbons (Fsp3) is 0.214. The van der Waals surface area contributed by atoms with Gasteiger partial charge in [0, 0.05) is 6.54 Å². The Bertz CT molecular complexity index is 1090. The average Bonchev–Trinajstić information content (AvgIpc) is 2.83. The molecule has 0 spiro atoms. The van der Waals surface area contributed by atoms with E-state index in [9.17, 15) is 9.59 Å². The minimum atomic E-state index is -0.618. The SMILES string of the molecule is COc1ccc(/C=C/c2ccc(CN(C)C)cc2)c(C(=O)NC(C=O)Cc2ccccc2)c1. The highest BCUT2D eigenvalue weighted by atomic mass is 16.5. The molecule has 0 aliphatic heterocycles. The van der Waals surface area contributed by atoms with Gasteiger partial charge in [-0.25, -0.2) is 0 Å². The number of hydrogen-bond donors (Lipinski definition) is 1. The van der Waals surface area contributed by atoms with Crippen molar-refractivity contribution in [3.05, 3.63) is 101 Å². The molecule has 1 unspecified atom stereocenters. The summed E-state index contributed by atoms with van der Waals surface area (Å²) in [6.07, 6.45) is 5.09. The second-order valence-corrected chi connectivity index (χ2v) is 8.17. The molecule has 1 atom stereocenters. The van der Waals surface area contributed by atoms with Gasteiger partial charge in [0.25, 0.3) is 5.91 Å². The molecule has 1 amide bonds. The van der Waals surface area contributed by atoms with Gasteiger partial charge in [-0.05, 0) is 54.9 Å². The van der Waals surface area contributed by atoms with Crippen molar-refractivity contribution in [2.75, 3.05) is 21.2 Å². The Morgan fingerprint density at radius 1 is 0.970 bits per heavy atom. The van der Waals surface area contributed by atoms with E-state index in [1.54, 1.807) is 13.2 Å². The number of rotatable bonds is 10. The van der Waals surface area contributed by atoms with E-state index in [0.717, 1.165) is 29.5 Å². The Kier molecular flexibility index (Phi) is 8.56. The lowest BCUT2D eigenvalue weighted by Crippen LogP contribution is -2.37. The number of amides is 1. The van der Waals surface area contributed by atoms with Gasteiger partial charge in [-0.2, -0.15) is 0 Å². The van der Waals surface area contributed by atoms with Gasteiger partial charge in [-0.3, -0.25) is 4.79 Å². The Balaban J connectivity index is 1.78. The van der Waals surface area contributed by atoms with E-state index in [1.165, 1.54) is 5.56 Å². The van der Waals surface area contributed by atoms with Crippen molar-refractivity contribution in [3.8, 4) is 5.75 Å². The predicted molar refractivity (Wildman–Crippen MR) is 133 cm³/mol. The average molecular weight is 443 g/mol. The summed E-state index contributed by atoms with van der Waals surface area (Å²) in [7, 11) is 5.64. The number of ether oxygens (including phenoxy) is 1. The summed E-state index contributed by atoms with van der Waals surface area (Å²) in [6, 6.07) is 22.7. The quantitative estimate of drug-likeness (QED) is 0.372. The van der Waals surface area contributed by atoms with Crippen molar-refractivity contribution in [1.82, 2.24) is 10.2 Å². The van der Waals surface area contributed by atoms with Crippen molar-refractivity contribution in [1.29, 1.82) is 0 Å². The third-order valence-electron chi connectivity index (χ3n) is 5.22. The largest absolute Gasteiger partial charge is 0.497 e. The Hall–Kier alpha value is -3.70. The summed E-state index contributed by atoms with van der Waals surface area (Å²) in [4.78, 5) is 26.8. The molecular weight excluding hydrogens is 412 g/mol. The molecule has 0 bridgehead atoms. The van der Waals surface area contributed by atoms with Gasteiger partial charge in [0.2, 0.25) is 0 Å². The number of carbonyl (C=O) groups is 2. The molecule has 0 aliphatic carbocycles. The van der Waals surface area contributed by atoms with Crippen molar-refractivity contribution in [2.24, 2.45) is 0 Å². The molecular formula is C28H30N2O3. The molecule has 5 heteroatoms. The summed E-state index contributed by atoms with van der Waals surface area (Å²) < 4.78 is 5.32. The molecule has 170 valence electrons. The van der Waals surface area contributed by atoms with Gasteiger partial charge in [0.1, 0.15) is 12.0 Å². The van der Waals surface area contributed by atoms with Crippen LogP contribution >= 0.6 is 0 Å². The minimum Gasteiger partial charge on any atom is -0.497 e. The van der Waals surface area contributed by atoms with Crippen LogP contribution in [0, 0.1) is 0 Å². The lowest BCUT2D eigenvalue weighted by molar-refractivity contribution is -0.109. The van der Waals surface area contributed by atoms with Gasteiger partial charge in [0.05, 0.1) is 18.7 Å². The molecule has 0 fully saturated rings. The third kappa shape index (κ3) is 7.16. The van der Waals surface area contributed by atoms with Gasteiger partial charge < -0.3 is 19.7 Å². The summed E-state index contributed by atoms with van der Waals surface area (Å²) in [5, 5.41) is 2.85. The van der Waals surface area contributed by atoms with Gasteiger partial charge in [-0.15, -0.1) is 0 Å². The Morgan fingerprint density at radius 3 is 2.33 bits per heavy atom. The highest BCUT2D eigenvalue weighted by Crippen LogP contribution is 2.21. The van der Waals surface area contributed by atoms with Gasteiger partial charge in [-0.1, -0.05) is 72.8 Å². The second kappa shape index (κ2) is 11.8. The van der Waals surface area contributed by atoms with Crippen LogP contribution in [0.5, 0.6) is 5.75 Å². The zero-order valence-corrected chi connectivity index (χ0v) is 19.3. The molecule has 0 aromatic heterocycles. The molecule has 0 aliphatic rings. The van der Waals surface area contributed by atoms with E-state index in [-0.39, 0.29) is 5.91 Å². The fourth-order valence-electron chi connectivity index (χ4n) is 3.54. The summed E-state index contributed by atoms with van der Waals surface area (Å²) in [6.45, 7) is 0.883. The van der Waals surface area contributed by atoms with Crippen molar-refractivity contribution in [3.63, 3.8) is 0 Å². The van der Waals surface area contributed by atoms with Crippen LogP contribution in [0.1, 0.15) is 32.6 Å². The molecule has 0 radical (unpaired) electrons. The standard InChI is InChI=1S/C28H30N2O3/c1-30(2)19-23-11-9-21(10-12-23)13-14-24-15-16-26(33-3)18-27(24)28(32)29-25(20-31)17-22-7-5-4-6-8-22/h4-16,18,20,25H,17,19H2,1-3H3,(H,29,32)/b14-13+. The van der Waals surface area contributed by atoms with Gasteiger partial charge in [0.15, 0.2) is 0 Å². The maximum atomic E-state index is 13.1. The van der Waals surface area contributed by atoms with Gasteiger partial charge >= 0.3 is 0 Å². The monoisotopic (exact) mass is 442 g/mol. The maximum absolute atomic E-state index is 13.1. The number of nitrogens with zero attached hydrogens (tertiary/aromatic N) is 1. The Labute approximate surface area is 195 Å². The normalized spacial score (nSPS) is 12.0. The lowest BCUT2D eigenvalue weighted by Gasteiger charge is -2.15. The van der Waals surface area contributed by atoms with Crippen LogP contribution in [0.15, 0.2) is 72.8 Å². The zero-order valence-electron chi connectivity index (χ0n) is 19.3. The highest BCUT2D eigenvalue weighted by Gasteiger charge is 2.17. The van der Waals surface area contributed by atoms with Crippen LogP contribution in [-0.2, 0) is 17.8 Å². The van der Waals surface area contributed by atoms with Crippen LogP contribution in [0.4, 0.5) is 0 Å². The smallest absolute Gasteiger partial charge is 0.252 e. The molecule has 33 heavy (non-hydrogen) atoms. The van der Waals surface area contributed by atoms with E-state index >= 15 is 0 Å². The van der Waals surface area contributed by atoms with Crippen LogP contribution < -0.4 is 10.1 Å². The van der Waals surface area contributed by atoms with Crippen molar-refractivity contribution in [2.45, 2.75) is 19.0 Å². The van der Waals surface area contributed by atoms with E-state index in [4.69, 9.17) is 4.74 Å². The molecule has 0 saturated carbocycles. The topological polar surface area (TPSA) is 58.6 Å². The first-order valence-electron chi connectivity index (χ1n) is 10.9. The van der Waals surface area contributed by atoms with E-state index < -0.39 is 6.04 Å². The first kappa shape index (κ1) is 24.0. The maximum Gasteiger partial charge on any atom is 0.252 e. The van der Waals surface area contributed by atoms with Crippen molar-refractivity contribution < 1.29 is 14.3 Å². The molecule has 5 nitrogen and oxygen atoms in total. The highest BCUT2D eigenvalue weighted by molar-refractivity contribution is 6.00. The second-order valence-electron chi connectivity index (χ2n) is 8.17. The number of hydrogen-bond acceptors (Lipinski definition) is 4. The third-order valence-corrected chi connectivity index (χ3v) is 5.22. The lowest BCUT2D eigenvalue weighted by atomic mass is 10.0. The summed E-state index contributed by atoms with van der Waals surface area (Å²) in [5.41, 5.74) is 4.46. The van der Waals surface area contributed by atoms with Crippen LogP contribution in [0.25, 0.3) is 12.2 Å². The van der Waals surface area contributed by atoms with E-state index in [0.29, 0.717) is 17.7 Å². The Morgan fingerprint density at radius 2 is 1.70 bits per heavy atom. The van der Waals surface area contributed by atoms with Crippen LogP contribution in [0.3, 0.4) is 0 Å². The molecule has 0 heterocycles. The number of benzene rings is 3. The first-order chi connectivity index (χ1) is 16.0. The van der Waals surface area contributed by atoms with Crippen molar-refractivity contribution >= 4 is 24.3 Å². The molecule has 3 rings (SSSR count). The van der Waals surface area contributed by atoms with Crippen LogP contribution in [0.2, 0.25) is 0 Å². The predicted octanol–water partition coefficient (Wildman–Crippen LogP) is 4.47. The zero-order chi connectivity index (χ0) is 23.6. The number of nitrogens with one attached hydrogen (secondary N) is 1.